The third kappa shape index (κ3) is 4.98. The molecule has 0 saturated carbocycles. The smallest absolute Gasteiger partial charge is 0 e. The van der Waals surface area contributed by atoms with Crippen LogP contribution in [0, 0.1) is 46.9 Å². The van der Waals surface area contributed by atoms with Crippen LogP contribution < -0.4 is 0 Å². The number of hydrogen-bond acceptors (Lipinski definition) is 0. The summed E-state index contributed by atoms with van der Waals surface area (Å²) in [6.07, 6.45) is 10.0. The normalized spacial score (nSPS) is 12.6. The number of allylic oxidation sites excluding steroid dienone is 4. The van der Waals surface area contributed by atoms with Crippen LogP contribution in [0.2, 0.25) is 0 Å². The molecule has 38 valence electrons. The van der Waals surface area contributed by atoms with Gasteiger partial charge in [0.15, 0.2) is 0 Å². The molecule has 0 aromatic heterocycles. The predicted octanol–water partition coefficient (Wildman–Crippen LogP) is 1.73. The summed E-state index contributed by atoms with van der Waals surface area (Å²) in [5.74, 6) is 0. The molecule has 7 heavy (non-hydrogen) atoms. The van der Waals surface area contributed by atoms with E-state index in [4.69, 9.17) is 0 Å². The third-order valence-corrected chi connectivity index (χ3v) is 0.586. The SMILES string of the molecule is Cl.[C-]1=CC=CC1.[Nd]. The summed E-state index contributed by atoms with van der Waals surface area (Å²) in [5.41, 5.74) is 0. The minimum atomic E-state index is 0. The maximum Gasteiger partial charge on any atom is 0 e. The van der Waals surface area contributed by atoms with Crippen LogP contribution in [-0.4, -0.2) is 0 Å². The molecule has 0 radical (unpaired) electrons. The van der Waals surface area contributed by atoms with Crippen molar-refractivity contribution in [2.45, 2.75) is 6.42 Å². The second kappa shape index (κ2) is 7.12. The van der Waals surface area contributed by atoms with E-state index in [-0.39, 0.29) is 53.2 Å². The molecule has 0 aromatic carbocycles. The maximum absolute atomic E-state index is 2.99. The summed E-state index contributed by atoms with van der Waals surface area (Å²) in [4.78, 5) is 0. The van der Waals surface area contributed by atoms with Crippen LogP contribution in [0.3, 0.4) is 0 Å². The predicted molar refractivity (Wildman–Crippen MR) is 28.8 cm³/mol. The molecular formula is C5H6ClNd-. The topological polar surface area (TPSA) is 0 Å². The second-order valence-electron chi connectivity index (χ2n) is 1.00. The van der Waals surface area contributed by atoms with Crippen molar-refractivity contribution < 1.29 is 40.8 Å². The van der Waals surface area contributed by atoms with Gasteiger partial charge < -0.3 is 0 Å². The molecule has 0 nitrogen and oxygen atoms in total. The maximum atomic E-state index is 2.99. The minimum Gasteiger partial charge on any atom is -0.273 e. The summed E-state index contributed by atoms with van der Waals surface area (Å²) in [6.45, 7) is 0. The zero-order valence-electron chi connectivity index (χ0n) is 3.85. The summed E-state index contributed by atoms with van der Waals surface area (Å²) < 4.78 is 0. The third-order valence-electron chi connectivity index (χ3n) is 0.586. The van der Waals surface area contributed by atoms with Crippen molar-refractivity contribution in [1.29, 1.82) is 0 Å². The molecular weight excluding hydrogens is 240 g/mol. The van der Waals surface area contributed by atoms with Crippen molar-refractivity contribution in [3.05, 3.63) is 24.3 Å². The van der Waals surface area contributed by atoms with E-state index in [0.29, 0.717) is 0 Å². The zero-order chi connectivity index (χ0) is 3.54. The Morgan fingerprint density at radius 1 is 1.43 bits per heavy atom. The quantitative estimate of drug-likeness (QED) is 0.571. The van der Waals surface area contributed by atoms with Crippen LogP contribution in [0.1, 0.15) is 6.42 Å². The Bertz CT molecular complexity index is 66.1. The van der Waals surface area contributed by atoms with Gasteiger partial charge in [-0.15, -0.1) is 18.8 Å². The van der Waals surface area contributed by atoms with Crippen LogP contribution in [0.15, 0.2) is 18.2 Å². The number of halogens is 1. The Morgan fingerprint density at radius 2 is 2.14 bits per heavy atom. The summed E-state index contributed by atoms with van der Waals surface area (Å²) >= 11 is 0. The Hall–Kier alpha value is 1.12. The molecule has 0 unspecified atom stereocenters. The first-order valence-corrected chi connectivity index (χ1v) is 1.72. The van der Waals surface area contributed by atoms with Gasteiger partial charge in [-0.05, 0) is 0 Å². The van der Waals surface area contributed by atoms with Crippen molar-refractivity contribution in [2.75, 3.05) is 0 Å². The Balaban J connectivity index is 0. The van der Waals surface area contributed by atoms with Crippen LogP contribution in [0.25, 0.3) is 0 Å². The summed E-state index contributed by atoms with van der Waals surface area (Å²) in [6, 6.07) is 0. The molecule has 0 spiro atoms. The fraction of sp³-hybridized carbons (Fsp3) is 0.200. The first-order chi connectivity index (χ1) is 2.50. The molecule has 0 fully saturated rings. The second-order valence-corrected chi connectivity index (χ2v) is 1.00. The molecule has 0 aromatic rings. The van der Waals surface area contributed by atoms with Gasteiger partial charge in [0.25, 0.3) is 0 Å². The molecule has 0 amide bonds. The van der Waals surface area contributed by atoms with Crippen molar-refractivity contribution in [3.8, 4) is 0 Å². The van der Waals surface area contributed by atoms with Crippen LogP contribution in [-0.2, 0) is 0 Å². The molecule has 0 heterocycles. The Kier molecular flexibility index (Phi) is 11.2. The van der Waals surface area contributed by atoms with E-state index >= 15 is 0 Å². The van der Waals surface area contributed by atoms with Crippen LogP contribution in [0.5, 0.6) is 0 Å². The Morgan fingerprint density at radius 3 is 2.29 bits per heavy atom. The van der Waals surface area contributed by atoms with E-state index in [0.717, 1.165) is 6.42 Å². The van der Waals surface area contributed by atoms with E-state index in [9.17, 15) is 0 Å². The standard InChI is InChI=1S/C5H5.ClH.Nd/c1-2-4-5-3-1;;/h1-3H,4H2;1H;/q-1;;. The van der Waals surface area contributed by atoms with E-state index in [1.807, 2.05) is 12.2 Å². The van der Waals surface area contributed by atoms with E-state index in [1.165, 1.54) is 0 Å². The first-order valence-electron chi connectivity index (χ1n) is 1.72. The van der Waals surface area contributed by atoms with Crippen LogP contribution >= 0.6 is 12.4 Å². The average Bonchev–Trinajstić information content (AvgIpc) is 1.76. The summed E-state index contributed by atoms with van der Waals surface area (Å²) in [7, 11) is 0. The molecule has 0 bridgehead atoms. The molecule has 0 N–H and O–H groups in total. The largest absolute Gasteiger partial charge is 0.273 e. The number of rotatable bonds is 0. The molecule has 0 atom stereocenters. The van der Waals surface area contributed by atoms with Gasteiger partial charge in [-0.25, -0.2) is 12.2 Å². The Labute approximate surface area is 83.0 Å². The zero-order valence-corrected chi connectivity index (χ0v) is 7.87. The summed E-state index contributed by atoms with van der Waals surface area (Å²) in [5, 5.41) is 0. The van der Waals surface area contributed by atoms with Crippen molar-refractivity contribution in [1.82, 2.24) is 0 Å². The van der Waals surface area contributed by atoms with Crippen molar-refractivity contribution in [2.24, 2.45) is 0 Å². The van der Waals surface area contributed by atoms with E-state index in [2.05, 4.69) is 12.2 Å². The van der Waals surface area contributed by atoms with Crippen molar-refractivity contribution >= 4 is 12.4 Å². The van der Waals surface area contributed by atoms with Gasteiger partial charge in [-0.3, -0.25) is 6.08 Å². The van der Waals surface area contributed by atoms with Gasteiger partial charge >= 0.3 is 0 Å². The van der Waals surface area contributed by atoms with Gasteiger partial charge in [0.05, 0.1) is 0 Å². The van der Waals surface area contributed by atoms with Gasteiger partial charge in [0.1, 0.15) is 0 Å². The van der Waals surface area contributed by atoms with Gasteiger partial charge in [-0.2, -0.15) is 6.08 Å². The fourth-order valence-corrected chi connectivity index (χ4v) is 0.340. The monoisotopic (exact) mass is 243 g/mol. The fourth-order valence-electron chi connectivity index (χ4n) is 0.340. The van der Waals surface area contributed by atoms with Gasteiger partial charge in [0.2, 0.25) is 0 Å². The molecule has 1 aliphatic rings. The van der Waals surface area contributed by atoms with E-state index in [1.54, 1.807) is 0 Å². The molecule has 2 heteroatoms. The molecule has 1 rings (SSSR count). The molecule has 0 aliphatic heterocycles. The number of hydrogen-bond donors (Lipinski definition) is 0. The molecule has 1 aliphatic carbocycles. The molecule has 0 saturated heterocycles. The average molecular weight is 246 g/mol. The van der Waals surface area contributed by atoms with Gasteiger partial charge in [-0.1, -0.05) is 0 Å². The first kappa shape index (κ1) is 11.0. The van der Waals surface area contributed by atoms with E-state index < -0.39 is 0 Å². The minimum absolute atomic E-state index is 0. The van der Waals surface area contributed by atoms with Crippen LogP contribution in [0.4, 0.5) is 0 Å². The van der Waals surface area contributed by atoms with Crippen molar-refractivity contribution in [3.63, 3.8) is 0 Å². The van der Waals surface area contributed by atoms with Gasteiger partial charge in [0, 0.05) is 40.8 Å².